The summed E-state index contributed by atoms with van der Waals surface area (Å²) in [5.41, 5.74) is 3.35. The Labute approximate surface area is 140 Å². The lowest BCUT2D eigenvalue weighted by molar-refractivity contribution is -0.146. The van der Waals surface area contributed by atoms with Gasteiger partial charge in [0.25, 0.3) is 0 Å². The second-order valence-electron chi connectivity index (χ2n) is 7.47. The van der Waals surface area contributed by atoms with E-state index in [2.05, 4.69) is 50.6 Å². The molecule has 1 aliphatic rings. The van der Waals surface area contributed by atoms with E-state index in [9.17, 15) is 9.59 Å². The van der Waals surface area contributed by atoms with Crippen LogP contribution in [0.15, 0.2) is 0 Å². The van der Waals surface area contributed by atoms with Crippen LogP contribution in [0.5, 0.6) is 0 Å². The summed E-state index contributed by atoms with van der Waals surface area (Å²) in [5, 5.41) is 2.86. The summed E-state index contributed by atoms with van der Waals surface area (Å²) < 4.78 is 10.1. The fraction of sp³-hybridized carbons (Fsp3) is 0.765. The Balaban J connectivity index is 2.73. The predicted molar refractivity (Wildman–Crippen MR) is 92.5 cm³/mol. The highest BCUT2D eigenvalue weighted by molar-refractivity contribution is 6.87. The maximum absolute atomic E-state index is 12.1. The molecule has 0 unspecified atom stereocenters. The van der Waals surface area contributed by atoms with Gasteiger partial charge in [0.05, 0.1) is 7.11 Å². The minimum absolute atomic E-state index is 0.154. The van der Waals surface area contributed by atoms with Crippen molar-refractivity contribution in [1.29, 1.82) is 0 Å². The Kier molecular flexibility index (Phi) is 6.84. The zero-order valence-electron chi connectivity index (χ0n) is 15.1. The van der Waals surface area contributed by atoms with Crippen LogP contribution >= 0.6 is 0 Å². The molecule has 0 spiro atoms. The third kappa shape index (κ3) is 5.67. The highest BCUT2D eigenvalue weighted by Gasteiger charge is 2.34. The van der Waals surface area contributed by atoms with Crippen molar-refractivity contribution < 1.29 is 19.1 Å². The van der Waals surface area contributed by atoms with Crippen LogP contribution in [0.25, 0.3) is 0 Å². The average molecular weight is 340 g/mol. The Morgan fingerprint density at radius 3 is 2.52 bits per heavy atom. The Hall–Kier alpha value is -1.32. The topological polar surface area (TPSA) is 64.6 Å². The quantitative estimate of drug-likeness (QED) is 0.485. The summed E-state index contributed by atoms with van der Waals surface area (Å²) in [4.78, 5) is 24.0. The van der Waals surface area contributed by atoms with Gasteiger partial charge in [0, 0.05) is 13.0 Å². The molecule has 1 aliphatic heterocycles. The van der Waals surface area contributed by atoms with Gasteiger partial charge in [-0.15, -0.1) is 11.5 Å². The lowest BCUT2D eigenvalue weighted by atomic mass is 10.2. The number of nitrogens with one attached hydrogen (secondary N) is 1. The second-order valence-corrected chi connectivity index (χ2v) is 12.5. The van der Waals surface area contributed by atoms with Gasteiger partial charge in [0.1, 0.15) is 20.2 Å². The highest BCUT2D eigenvalue weighted by atomic mass is 28.3. The fourth-order valence-electron chi connectivity index (χ4n) is 1.95. The van der Waals surface area contributed by atoms with Gasteiger partial charge in [-0.25, -0.2) is 4.79 Å². The van der Waals surface area contributed by atoms with Crippen molar-refractivity contribution in [3.63, 3.8) is 0 Å². The molecule has 23 heavy (non-hydrogen) atoms. The number of carbonyl (C=O) groups excluding carboxylic acids is 2. The molecule has 0 aromatic rings. The Bertz CT molecular complexity index is 493. The molecule has 2 atom stereocenters. The van der Waals surface area contributed by atoms with Crippen molar-refractivity contribution in [1.82, 2.24) is 5.32 Å². The van der Waals surface area contributed by atoms with Crippen molar-refractivity contribution in [3.05, 3.63) is 0 Å². The van der Waals surface area contributed by atoms with Gasteiger partial charge < -0.3 is 14.8 Å². The minimum Gasteiger partial charge on any atom is -0.467 e. The Morgan fingerprint density at radius 1 is 1.39 bits per heavy atom. The molecule has 0 bridgehead atoms. The van der Waals surface area contributed by atoms with E-state index in [-0.39, 0.29) is 17.4 Å². The van der Waals surface area contributed by atoms with Crippen molar-refractivity contribution in [2.45, 2.75) is 70.3 Å². The second kappa shape index (κ2) is 7.98. The van der Waals surface area contributed by atoms with Crippen LogP contribution in [0.1, 0.15) is 40.0 Å². The monoisotopic (exact) mass is 339 g/mol. The molecular formula is C17H29NO4Si. The summed E-state index contributed by atoms with van der Waals surface area (Å²) in [7, 11) is -0.419. The molecule has 1 heterocycles. The number of amides is 1. The molecule has 1 amide bonds. The smallest absolute Gasteiger partial charge is 0.329 e. The van der Waals surface area contributed by atoms with E-state index in [0.29, 0.717) is 13.0 Å². The van der Waals surface area contributed by atoms with E-state index in [4.69, 9.17) is 9.47 Å². The number of ether oxygens (including phenoxy) is 2. The first-order chi connectivity index (χ1) is 10.6. The first-order valence-electron chi connectivity index (χ1n) is 8.08. The van der Waals surface area contributed by atoms with Crippen LogP contribution in [0.4, 0.5) is 0 Å². The van der Waals surface area contributed by atoms with E-state index in [1.54, 1.807) is 0 Å². The molecule has 0 aromatic heterocycles. The molecule has 6 heteroatoms. The lowest BCUT2D eigenvalue weighted by Crippen LogP contribution is -2.45. The van der Waals surface area contributed by atoms with Crippen molar-refractivity contribution >= 4 is 20.0 Å². The molecule has 0 radical (unpaired) electrons. The molecule has 1 fully saturated rings. The number of esters is 1. The first-order valence-corrected chi connectivity index (χ1v) is 11.1. The van der Waals surface area contributed by atoms with Crippen molar-refractivity contribution in [3.8, 4) is 11.5 Å². The first kappa shape index (κ1) is 19.7. The van der Waals surface area contributed by atoms with Gasteiger partial charge in [-0.2, -0.15) is 0 Å². The predicted octanol–water partition coefficient (Wildman–Crippen LogP) is 2.26. The number of hydrogen-bond donors (Lipinski definition) is 1. The highest BCUT2D eigenvalue weighted by Crippen LogP contribution is 2.35. The average Bonchev–Trinajstić information content (AvgIpc) is 2.98. The van der Waals surface area contributed by atoms with Gasteiger partial charge in [-0.05, 0) is 17.9 Å². The molecule has 1 N–H and O–H groups in total. The lowest BCUT2D eigenvalue weighted by Gasteiger charge is -2.31. The SMILES string of the molecule is COC(=O)[C@@H](CC#C[Si](C)(C)C(C)(C)C)NC(=O)[C@@H]1CCCO1. The summed E-state index contributed by atoms with van der Waals surface area (Å²) in [6.07, 6.45) is 1.36. The summed E-state index contributed by atoms with van der Waals surface area (Å²) >= 11 is 0. The van der Waals surface area contributed by atoms with Gasteiger partial charge in [0.2, 0.25) is 5.91 Å². The maximum atomic E-state index is 12.1. The van der Waals surface area contributed by atoms with Crippen LogP contribution < -0.4 is 5.32 Å². The normalized spacial score (nSPS) is 19.5. The molecule has 0 saturated carbocycles. The van der Waals surface area contributed by atoms with Crippen LogP contribution in [0.2, 0.25) is 18.1 Å². The number of rotatable bonds is 4. The van der Waals surface area contributed by atoms with Gasteiger partial charge >= 0.3 is 5.97 Å². The zero-order valence-corrected chi connectivity index (χ0v) is 16.1. The number of carbonyl (C=O) groups is 2. The van der Waals surface area contributed by atoms with Crippen LogP contribution in [0.3, 0.4) is 0 Å². The summed E-state index contributed by atoms with van der Waals surface area (Å²) in [5.74, 6) is 2.37. The van der Waals surface area contributed by atoms with E-state index in [1.807, 2.05) is 0 Å². The standard InChI is InChI=1S/C17H29NO4Si/c1-17(2,3)23(5,6)12-8-9-13(16(20)21-4)18-15(19)14-10-7-11-22-14/h13-14H,7,9-11H2,1-6H3,(H,18,19)/t13-,14+/m1/s1. The Morgan fingerprint density at radius 2 is 2.04 bits per heavy atom. The third-order valence-corrected chi connectivity index (χ3v) is 9.16. The van der Waals surface area contributed by atoms with Gasteiger partial charge in [-0.1, -0.05) is 33.9 Å². The molecule has 0 aliphatic carbocycles. The van der Waals surface area contributed by atoms with Gasteiger partial charge in [-0.3, -0.25) is 4.79 Å². The summed E-state index contributed by atoms with van der Waals surface area (Å²) in [6, 6.07) is -0.742. The van der Waals surface area contributed by atoms with Crippen molar-refractivity contribution in [2.75, 3.05) is 13.7 Å². The van der Waals surface area contributed by atoms with Crippen LogP contribution in [-0.2, 0) is 19.1 Å². The van der Waals surface area contributed by atoms with E-state index < -0.39 is 26.2 Å². The number of hydrogen-bond acceptors (Lipinski definition) is 4. The molecule has 5 nitrogen and oxygen atoms in total. The van der Waals surface area contributed by atoms with Gasteiger partial charge in [0.15, 0.2) is 0 Å². The van der Waals surface area contributed by atoms with E-state index in [1.165, 1.54) is 7.11 Å². The van der Waals surface area contributed by atoms with E-state index in [0.717, 1.165) is 6.42 Å². The van der Waals surface area contributed by atoms with Crippen LogP contribution in [0, 0.1) is 11.5 Å². The molecule has 130 valence electrons. The van der Waals surface area contributed by atoms with Crippen molar-refractivity contribution in [2.24, 2.45) is 0 Å². The number of methoxy groups -OCH3 is 1. The van der Waals surface area contributed by atoms with Crippen LogP contribution in [-0.4, -0.2) is 45.8 Å². The zero-order chi connectivity index (χ0) is 17.7. The maximum Gasteiger partial charge on any atom is 0.329 e. The van der Waals surface area contributed by atoms with E-state index >= 15 is 0 Å². The fourth-order valence-corrected chi connectivity index (χ4v) is 2.87. The minimum atomic E-state index is -1.73. The molecule has 0 aromatic carbocycles. The largest absolute Gasteiger partial charge is 0.467 e. The molecule has 1 saturated heterocycles. The third-order valence-electron chi connectivity index (χ3n) is 4.61. The molecular weight excluding hydrogens is 310 g/mol. The summed E-state index contributed by atoms with van der Waals surface area (Å²) in [6.45, 7) is 11.6. The molecule has 1 rings (SSSR count).